The summed E-state index contributed by atoms with van der Waals surface area (Å²) in [6.07, 6.45) is 0. The first-order valence-corrected chi connectivity index (χ1v) is 10.7. The second kappa shape index (κ2) is 7.95. The molecule has 8 heteroatoms. The number of tetrazole rings is 1. The molecule has 0 saturated heterocycles. The predicted molar refractivity (Wildman–Crippen MR) is 119 cm³/mol. The first-order valence-electron chi connectivity index (χ1n) is 9.70. The maximum Gasteiger partial charge on any atom is 0.368 e. The van der Waals surface area contributed by atoms with Crippen LogP contribution in [0.2, 0.25) is 0 Å². The zero-order chi connectivity index (χ0) is 21.4. The molecule has 0 aliphatic heterocycles. The van der Waals surface area contributed by atoms with Gasteiger partial charge in [0, 0.05) is 23.4 Å². The summed E-state index contributed by atoms with van der Waals surface area (Å²) in [6, 6.07) is 14.4. The van der Waals surface area contributed by atoms with Gasteiger partial charge in [0.05, 0.1) is 17.1 Å². The SMILES string of the molecule is Cc1cc(C)n(-c2ccc(SCc3c(C)cccc3-n3nnn(C)c3=O)c(C)c2)n1. The highest BCUT2D eigenvalue weighted by atomic mass is 32.2. The molecule has 154 valence electrons. The number of aromatic nitrogens is 6. The largest absolute Gasteiger partial charge is 0.368 e. The normalized spacial score (nSPS) is 11.2. The van der Waals surface area contributed by atoms with Crippen molar-refractivity contribution < 1.29 is 0 Å². The number of rotatable bonds is 5. The molecule has 0 fully saturated rings. The Bertz CT molecular complexity index is 1280. The van der Waals surface area contributed by atoms with Crippen LogP contribution in [0, 0.1) is 27.7 Å². The van der Waals surface area contributed by atoms with E-state index in [1.807, 2.05) is 23.7 Å². The lowest BCUT2D eigenvalue weighted by Crippen LogP contribution is -2.23. The van der Waals surface area contributed by atoms with Crippen LogP contribution in [-0.2, 0) is 12.8 Å². The van der Waals surface area contributed by atoms with Gasteiger partial charge in [-0.05, 0) is 85.1 Å². The van der Waals surface area contributed by atoms with Gasteiger partial charge >= 0.3 is 5.69 Å². The van der Waals surface area contributed by atoms with Crippen LogP contribution < -0.4 is 5.69 Å². The molecule has 4 aromatic rings. The summed E-state index contributed by atoms with van der Waals surface area (Å²) in [6.45, 7) is 8.23. The van der Waals surface area contributed by atoms with Gasteiger partial charge in [-0.2, -0.15) is 14.5 Å². The molecular weight excluding hydrogens is 396 g/mol. The number of aryl methyl sites for hydroxylation is 5. The van der Waals surface area contributed by atoms with E-state index < -0.39 is 0 Å². The fourth-order valence-electron chi connectivity index (χ4n) is 3.51. The number of hydrogen-bond acceptors (Lipinski definition) is 5. The Hall–Kier alpha value is -3.13. The summed E-state index contributed by atoms with van der Waals surface area (Å²) in [5, 5.41) is 12.4. The summed E-state index contributed by atoms with van der Waals surface area (Å²) in [4.78, 5) is 13.5. The van der Waals surface area contributed by atoms with Crippen LogP contribution >= 0.6 is 11.8 Å². The molecule has 0 atom stereocenters. The average molecular weight is 421 g/mol. The van der Waals surface area contributed by atoms with E-state index in [2.05, 4.69) is 66.6 Å². The molecule has 0 aliphatic carbocycles. The highest BCUT2D eigenvalue weighted by Crippen LogP contribution is 2.31. The third kappa shape index (κ3) is 3.70. The third-order valence-corrected chi connectivity index (χ3v) is 6.32. The number of thioether (sulfide) groups is 1. The van der Waals surface area contributed by atoms with Gasteiger partial charge < -0.3 is 0 Å². The van der Waals surface area contributed by atoms with Crippen molar-refractivity contribution >= 4 is 11.8 Å². The Labute approximate surface area is 179 Å². The lowest BCUT2D eigenvalue weighted by atomic mass is 10.1. The molecule has 0 unspecified atom stereocenters. The van der Waals surface area contributed by atoms with Crippen LogP contribution in [0.1, 0.15) is 28.1 Å². The first kappa shape index (κ1) is 20.2. The molecule has 0 aliphatic rings. The Morgan fingerprint density at radius 3 is 2.37 bits per heavy atom. The van der Waals surface area contributed by atoms with Crippen LogP contribution in [0.15, 0.2) is 52.2 Å². The fourth-order valence-corrected chi connectivity index (χ4v) is 4.63. The Kier molecular flexibility index (Phi) is 5.34. The molecule has 0 saturated carbocycles. The van der Waals surface area contributed by atoms with Gasteiger partial charge in [-0.3, -0.25) is 0 Å². The van der Waals surface area contributed by atoms with Gasteiger partial charge in [-0.15, -0.1) is 11.8 Å². The molecule has 0 bridgehead atoms. The lowest BCUT2D eigenvalue weighted by Gasteiger charge is -2.13. The van der Waals surface area contributed by atoms with Crippen LogP contribution in [0.4, 0.5) is 0 Å². The van der Waals surface area contributed by atoms with E-state index in [0.717, 1.165) is 39.6 Å². The van der Waals surface area contributed by atoms with E-state index in [9.17, 15) is 4.79 Å². The van der Waals surface area contributed by atoms with Crippen LogP contribution in [0.5, 0.6) is 0 Å². The van der Waals surface area contributed by atoms with E-state index in [-0.39, 0.29) is 5.69 Å². The number of nitrogens with zero attached hydrogens (tertiary/aromatic N) is 6. The van der Waals surface area contributed by atoms with E-state index in [0.29, 0.717) is 0 Å². The van der Waals surface area contributed by atoms with Gasteiger partial charge in [0.15, 0.2) is 0 Å². The summed E-state index contributed by atoms with van der Waals surface area (Å²) < 4.78 is 4.57. The van der Waals surface area contributed by atoms with Crippen molar-refractivity contribution in [1.29, 1.82) is 0 Å². The number of hydrogen-bond donors (Lipinski definition) is 0. The van der Waals surface area contributed by atoms with E-state index in [1.54, 1.807) is 18.8 Å². The summed E-state index contributed by atoms with van der Waals surface area (Å²) in [5.74, 6) is 0.727. The summed E-state index contributed by atoms with van der Waals surface area (Å²) in [5.41, 5.74) is 7.10. The van der Waals surface area contributed by atoms with Gasteiger partial charge in [-0.25, -0.2) is 9.48 Å². The van der Waals surface area contributed by atoms with Gasteiger partial charge in [0.1, 0.15) is 0 Å². The number of benzene rings is 2. The molecule has 0 amide bonds. The second-order valence-electron chi connectivity index (χ2n) is 7.45. The van der Waals surface area contributed by atoms with Crippen molar-refractivity contribution in [2.75, 3.05) is 0 Å². The first-order chi connectivity index (χ1) is 14.3. The highest BCUT2D eigenvalue weighted by molar-refractivity contribution is 7.98. The Balaban J connectivity index is 1.62. The topological polar surface area (TPSA) is 70.5 Å². The lowest BCUT2D eigenvalue weighted by molar-refractivity contribution is 0.692. The molecular formula is C22H24N6OS. The Morgan fingerprint density at radius 1 is 0.933 bits per heavy atom. The average Bonchev–Trinajstić information content (AvgIpc) is 3.22. The van der Waals surface area contributed by atoms with E-state index in [1.165, 1.54) is 19.8 Å². The summed E-state index contributed by atoms with van der Waals surface area (Å²) >= 11 is 1.75. The fraction of sp³-hybridized carbons (Fsp3) is 0.273. The van der Waals surface area contributed by atoms with Gasteiger partial charge in [0.2, 0.25) is 0 Å². The standard InChI is InChI=1S/C22H24N6OS/c1-14-7-6-8-20(28-22(29)26(5)24-25-28)19(14)13-30-21-10-9-18(11-15(21)2)27-17(4)12-16(3)23-27/h6-12H,13H2,1-5H3. The molecule has 2 aromatic carbocycles. The minimum atomic E-state index is -0.253. The van der Waals surface area contributed by atoms with Crippen molar-refractivity contribution in [3.8, 4) is 11.4 Å². The smallest absolute Gasteiger partial charge is 0.244 e. The maximum absolute atomic E-state index is 12.3. The highest BCUT2D eigenvalue weighted by Gasteiger charge is 2.14. The molecule has 4 rings (SSSR count). The minimum absolute atomic E-state index is 0.253. The van der Waals surface area contributed by atoms with Crippen molar-refractivity contribution in [1.82, 2.24) is 29.6 Å². The van der Waals surface area contributed by atoms with Crippen molar-refractivity contribution in [2.24, 2.45) is 7.05 Å². The quantitative estimate of drug-likeness (QED) is 0.461. The molecule has 0 radical (unpaired) electrons. The second-order valence-corrected chi connectivity index (χ2v) is 8.46. The van der Waals surface area contributed by atoms with Crippen molar-refractivity contribution in [3.05, 3.63) is 81.0 Å². The molecule has 2 heterocycles. The van der Waals surface area contributed by atoms with E-state index in [4.69, 9.17) is 0 Å². The molecule has 0 N–H and O–H groups in total. The van der Waals surface area contributed by atoms with Crippen LogP contribution in [0.3, 0.4) is 0 Å². The Morgan fingerprint density at radius 2 is 1.73 bits per heavy atom. The molecule has 2 aromatic heterocycles. The zero-order valence-corrected chi connectivity index (χ0v) is 18.6. The molecule has 0 spiro atoms. The van der Waals surface area contributed by atoms with Gasteiger partial charge in [0.25, 0.3) is 0 Å². The summed E-state index contributed by atoms with van der Waals surface area (Å²) in [7, 11) is 1.60. The minimum Gasteiger partial charge on any atom is -0.244 e. The van der Waals surface area contributed by atoms with Crippen molar-refractivity contribution in [2.45, 2.75) is 38.3 Å². The maximum atomic E-state index is 12.3. The third-order valence-electron chi connectivity index (χ3n) is 5.12. The van der Waals surface area contributed by atoms with Crippen LogP contribution in [-0.4, -0.2) is 29.6 Å². The van der Waals surface area contributed by atoms with Crippen LogP contribution in [0.25, 0.3) is 11.4 Å². The predicted octanol–water partition coefficient (Wildman–Crippen LogP) is 3.68. The van der Waals surface area contributed by atoms with Crippen molar-refractivity contribution in [3.63, 3.8) is 0 Å². The molecule has 7 nitrogen and oxygen atoms in total. The monoisotopic (exact) mass is 420 g/mol. The zero-order valence-electron chi connectivity index (χ0n) is 17.7. The van der Waals surface area contributed by atoms with E-state index >= 15 is 0 Å². The molecule has 30 heavy (non-hydrogen) atoms. The van der Waals surface area contributed by atoms with Gasteiger partial charge in [-0.1, -0.05) is 12.1 Å².